The molecule has 27 heavy (non-hydrogen) atoms. The molecule has 0 aromatic heterocycles. The van der Waals surface area contributed by atoms with Crippen LogP contribution < -0.4 is 5.32 Å². The highest BCUT2D eigenvalue weighted by atomic mass is 35.5. The lowest BCUT2D eigenvalue weighted by Crippen LogP contribution is -2.43. The molecule has 0 bridgehead atoms. The van der Waals surface area contributed by atoms with Crippen molar-refractivity contribution in [3.05, 3.63) is 29.8 Å². The van der Waals surface area contributed by atoms with Crippen LogP contribution in [-0.2, 0) is 15.0 Å². The Morgan fingerprint density at radius 3 is 2.41 bits per heavy atom. The number of hydrogen-bond donors (Lipinski definition) is 2. The first-order valence-corrected chi connectivity index (χ1v) is 9.52. The maximum absolute atomic E-state index is 12.7. The van der Waals surface area contributed by atoms with Gasteiger partial charge in [-0.3, -0.25) is 14.5 Å². The molecule has 1 saturated heterocycles. The Labute approximate surface area is 167 Å². The van der Waals surface area contributed by atoms with Crippen LogP contribution in [0.5, 0.6) is 0 Å². The summed E-state index contributed by atoms with van der Waals surface area (Å²) in [6.07, 6.45) is 2.66. The lowest BCUT2D eigenvalue weighted by atomic mass is 9.81. The summed E-state index contributed by atoms with van der Waals surface area (Å²) in [5, 5.41) is 12.7. The van der Waals surface area contributed by atoms with Gasteiger partial charge in [-0.05, 0) is 48.8 Å². The van der Waals surface area contributed by atoms with E-state index in [2.05, 4.69) is 26.1 Å². The summed E-state index contributed by atoms with van der Waals surface area (Å²) in [4.78, 5) is 26.5. The molecule has 1 amide bonds. The van der Waals surface area contributed by atoms with Gasteiger partial charge < -0.3 is 10.4 Å². The number of rotatable bonds is 4. The molecule has 1 heterocycles. The fraction of sp³-hybridized carbons (Fsp3) is 0.619. The number of aliphatic carboxylic acids is 1. The topological polar surface area (TPSA) is 69.6 Å². The van der Waals surface area contributed by atoms with Gasteiger partial charge in [0.2, 0.25) is 5.91 Å². The van der Waals surface area contributed by atoms with E-state index in [-0.39, 0.29) is 35.7 Å². The molecule has 3 atom stereocenters. The number of benzene rings is 1. The zero-order chi connectivity index (χ0) is 19.1. The molecule has 2 aliphatic rings. The number of carboxylic acid groups (broad SMARTS) is 1. The van der Waals surface area contributed by atoms with Crippen LogP contribution in [0.1, 0.15) is 52.5 Å². The first-order chi connectivity index (χ1) is 12.1. The predicted octanol–water partition coefficient (Wildman–Crippen LogP) is 3.92. The number of hydrogen-bond acceptors (Lipinski definition) is 3. The number of carbonyl (C=O) groups is 2. The number of fused-ring (bicyclic) bond motifs is 1. The van der Waals surface area contributed by atoms with E-state index < -0.39 is 11.4 Å². The Morgan fingerprint density at radius 2 is 1.89 bits per heavy atom. The number of carbonyl (C=O) groups excluding carboxylic acids is 1. The zero-order valence-electron chi connectivity index (χ0n) is 16.6. The van der Waals surface area contributed by atoms with Crippen LogP contribution in [0.3, 0.4) is 0 Å². The van der Waals surface area contributed by atoms with Crippen molar-refractivity contribution in [2.24, 2.45) is 11.3 Å². The van der Waals surface area contributed by atoms with E-state index in [0.29, 0.717) is 13.1 Å². The van der Waals surface area contributed by atoms with Crippen LogP contribution in [0.25, 0.3) is 0 Å². The van der Waals surface area contributed by atoms with Crippen molar-refractivity contribution in [2.45, 2.75) is 58.4 Å². The molecule has 0 spiro atoms. The van der Waals surface area contributed by atoms with E-state index in [1.165, 1.54) is 5.56 Å². The summed E-state index contributed by atoms with van der Waals surface area (Å²) < 4.78 is 0. The molecule has 1 aliphatic carbocycles. The third kappa shape index (κ3) is 4.14. The number of likely N-dealkylation sites (tertiary alicyclic amines) is 1. The van der Waals surface area contributed by atoms with Crippen molar-refractivity contribution < 1.29 is 14.7 Å². The van der Waals surface area contributed by atoms with E-state index >= 15 is 0 Å². The minimum atomic E-state index is -0.701. The van der Waals surface area contributed by atoms with Crippen LogP contribution in [0, 0.1) is 11.3 Å². The fourth-order valence-corrected chi connectivity index (χ4v) is 4.44. The molecule has 1 unspecified atom stereocenters. The average molecular weight is 395 g/mol. The van der Waals surface area contributed by atoms with Gasteiger partial charge in [0.15, 0.2) is 0 Å². The average Bonchev–Trinajstić information content (AvgIpc) is 3.12. The minimum absolute atomic E-state index is 0. The smallest absolute Gasteiger partial charge is 0.311 e. The second-order valence-corrected chi connectivity index (χ2v) is 8.97. The van der Waals surface area contributed by atoms with Crippen LogP contribution in [0.4, 0.5) is 5.69 Å². The van der Waals surface area contributed by atoms with E-state index in [1.54, 1.807) is 0 Å². The van der Waals surface area contributed by atoms with Gasteiger partial charge in [0.25, 0.3) is 0 Å². The van der Waals surface area contributed by atoms with Gasteiger partial charge in [-0.15, -0.1) is 12.4 Å². The maximum atomic E-state index is 12.7. The Kier molecular flexibility index (Phi) is 6.27. The van der Waals surface area contributed by atoms with Gasteiger partial charge in [-0.1, -0.05) is 39.3 Å². The molecule has 1 saturated carbocycles. The number of nitrogens with one attached hydrogen (secondary N) is 1. The summed E-state index contributed by atoms with van der Waals surface area (Å²) in [5.41, 5.74) is 1.43. The lowest BCUT2D eigenvalue weighted by molar-refractivity contribution is -0.149. The van der Waals surface area contributed by atoms with Crippen LogP contribution >= 0.6 is 12.4 Å². The first-order valence-electron chi connectivity index (χ1n) is 9.52. The molecule has 1 aliphatic heterocycles. The normalized spacial score (nSPS) is 26.1. The largest absolute Gasteiger partial charge is 0.481 e. The third-order valence-corrected chi connectivity index (χ3v) is 6.27. The predicted molar refractivity (Wildman–Crippen MR) is 109 cm³/mol. The van der Waals surface area contributed by atoms with Gasteiger partial charge in [-0.25, -0.2) is 0 Å². The minimum Gasteiger partial charge on any atom is -0.481 e. The molecular formula is C21H31ClN2O3. The summed E-state index contributed by atoms with van der Waals surface area (Å²) in [6, 6.07) is 7.62. The van der Waals surface area contributed by atoms with Gasteiger partial charge in [0.05, 0.1) is 11.5 Å². The van der Waals surface area contributed by atoms with E-state index in [9.17, 15) is 14.7 Å². The van der Waals surface area contributed by atoms with E-state index in [4.69, 9.17) is 0 Å². The number of halogens is 1. The Morgan fingerprint density at radius 1 is 1.26 bits per heavy atom. The van der Waals surface area contributed by atoms with Crippen LogP contribution in [0.2, 0.25) is 0 Å². The number of nitrogens with zero attached hydrogens (tertiary/aromatic N) is 1. The SMILES string of the molecule is CC(C(=O)Nc1ccc(C(C)(C)C)cc1)N1C[C@@H]2CCC[C@@]2(C(=O)O)C1.Cl. The maximum Gasteiger partial charge on any atom is 0.311 e. The van der Waals surface area contributed by atoms with Gasteiger partial charge in [0.1, 0.15) is 0 Å². The third-order valence-electron chi connectivity index (χ3n) is 6.27. The van der Waals surface area contributed by atoms with Crippen LogP contribution in [0.15, 0.2) is 24.3 Å². The second kappa shape index (κ2) is 7.80. The highest BCUT2D eigenvalue weighted by Crippen LogP contribution is 2.49. The monoisotopic (exact) mass is 394 g/mol. The quantitative estimate of drug-likeness (QED) is 0.812. The number of anilines is 1. The number of carboxylic acids is 1. The summed E-state index contributed by atoms with van der Waals surface area (Å²) in [7, 11) is 0. The van der Waals surface area contributed by atoms with Crippen molar-refractivity contribution in [1.82, 2.24) is 4.90 Å². The van der Waals surface area contributed by atoms with Gasteiger partial charge >= 0.3 is 5.97 Å². The van der Waals surface area contributed by atoms with E-state index in [1.807, 2.05) is 36.1 Å². The van der Waals surface area contributed by atoms with Crippen LogP contribution in [-0.4, -0.2) is 41.0 Å². The number of amides is 1. The molecule has 1 aromatic rings. The second-order valence-electron chi connectivity index (χ2n) is 8.97. The Hall–Kier alpha value is -1.59. The molecule has 1 aromatic carbocycles. The summed E-state index contributed by atoms with van der Waals surface area (Å²) in [6.45, 7) is 9.52. The molecule has 6 heteroatoms. The molecule has 5 nitrogen and oxygen atoms in total. The van der Waals surface area contributed by atoms with E-state index in [0.717, 1.165) is 24.9 Å². The first kappa shape index (κ1) is 21.7. The van der Waals surface area contributed by atoms with Crippen molar-refractivity contribution in [1.29, 1.82) is 0 Å². The summed E-state index contributed by atoms with van der Waals surface area (Å²) in [5.74, 6) is -0.608. The highest BCUT2D eigenvalue weighted by Gasteiger charge is 2.55. The van der Waals surface area contributed by atoms with Crippen molar-refractivity contribution in [3.8, 4) is 0 Å². The van der Waals surface area contributed by atoms with Gasteiger partial charge in [0, 0.05) is 18.8 Å². The summed E-state index contributed by atoms with van der Waals surface area (Å²) >= 11 is 0. The van der Waals surface area contributed by atoms with Crippen molar-refractivity contribution in [2.75, 3.05) is 18.4 Å². The molecule has 0 radical (unpaired) electrons. The molecule has 2 fully saturated rings. The van der Waals surface area contributed by atoms with Crippen molar-refractivity contribution in [3.63, 3.8) is 0 Å². The standard InChI is InChI=1S/C21H30N2O3.ClH/c1-14(23-12-16-6-5-11-21(16,13-23)19(25)26)18(24)22-17-9-7-15(8-10-17)20(2,3)4;/h7-10,14,16H,5-6,11-13H2,1-4H3,(H,22,24)(H,25,26);1H/t14?,16-,21+;/m0./s1. The highest BCUT2D eigenvalue weighted by molar-refractivity contribution is 5.94. The van der Waals surface area contributed by atoms with Crippen molar-refractivity contribution >= 4 is 30.0 Å². The Bertz CT molecular complexity index is 698. The zero-order valence-corrected chi connectivity index (χ0v) is 17.4. The Balaban J connectivity index is 0.00000261. The molecular weight excluding hydrogens is 364 g/mol. The van der Waals surface area contributed by atoms with Gasteiger partial charge in [-0.2, -0.15) is 0 Å². The molecule has 2 N–H and O–H groups in total. The molecule has 150 valence electrons. The molecule has 3 rings (SSSR count). The fourth-order valence-electron chi connectivity index (χ4n) is 4.44. The lowest BCUT2D eigenvalue weighted by Gasteiger charge is -2.26.